The highest BCUT2D eigenvalue weighted by molar-refractivity contribution is 5.98. The highest BCUT2D eigenvalue weighted by atomic mass is 16.6. The Labute approximate surface area is 153 Å². The highest BCUT2D eigenvalue weighted by Crippen LogP contribution is 2.20. The first-order valence-corrected chi connectivity index (χ1v) is 8.88. The Morgan fingerprint density at radius 2 is 1.88 bits per heavy atom. The Morgan fingerprint density at radius 3 is 2.50 bits per heavy atom. The number of Topliss-reactive ketones (excluding diaryl/α,β-unsaturated/α-hetero) is 1. The maximum absolute atomic E-state index is 12.5. The van der Waals surface area contributed by atoms with E-state index in [-0.39, 0.29) is 18.9 Å². The Morgan fingerprint density at radius 1 is 1.23 bits per heavy atom. The van der Waals surface area contributed by atoms with Crippen molar-refractivity contribution >= 4 is 17.7 Å². The van der Waals surface area contributed by atoms with Crippen molar-refractivity contribution in [3.8, 4) is 0 Å². The number of nitrogens with zero attached hydrogens (tertiary/aromatic N) is 1. The fraction of sp³-hybridized carbons (Fsp3) is 0.474. The molecule has 1 unspecified atom stereocenters. The molecule has 141 valence electrons. The van der Waals surface area contributed by atoms with Crippen LogP contribution < -0.4 is 5.32 Å². The number of ether oxygens (including phenoxy) is 1. The molecule has 1 amide bonds. The van der Waals surface area contributed by atoms with Gasteiger partial charge in [0, 0.05) is 0 Å². The molecule has 1 heterocycles. The van der Waals surface area contributed by atoms with Crippen molar-refractivity contribution in [2.45, 2.75) is 26.3 Å². The number of nitrogens with one attached hydrogen (secondary N) is 1. The van der Waals surface area contributed by atoms with Gasteiger partial charge >= 0.3 is 11.9 Å². The third kappa shape index (κ3) is 4.75. The normalized spacial score (nSPS) is 20.0. The average molecular weight is 362 g/mol. The van der Waals surface area contributed by atoms with Crippen molar-refractivity contribution in [3.63, 3.8) is 0 Å². The van der Waals surface area contributed by atoms with E-state index in [1.165, 1.54) is 6.42 Å². The zero-order chi connectivity index (χ0) is 19.2. The number of benzene rings is 1. The molecular formula is C19H26N2O5+. The van der Waals surface area contributed by atoms with Gasteiger partial charge in [-0.25, -0.2) is 10.0 Å². The van der Waals surface area contributed by atoms with E-state index in [1.807, 2.05) is 30.3 Å². The number of hydrogen-bond acceptors (Lipinski definition) is 6. The summed E-state index contributed by atoms with van der Waals surface area (Å²) in [6.45, 7) is 3.78. The number of quaternary nitrogens is 1. The smallest absolute Gasteiger partial charge is 0.383 e. The van der Waals surface area contributed by atoms with Gasteiger partial charge in [-0.3, -0.25) is 9.59 Å². The summed E-state index contributed by atoms with van der Waals surface area (Å²) in [5, 5.41) is 13.1. The molecule has 1 aromatic rings. The summed E-state index contributed by atoms with van der Waals surface area (Å²) in [5.74, 6) is -2.01. The molecule has 2 N–H and O–H groups in total. The van der Waals surface area contributed by atoms with Gasteiger partial charge in [-0.1, -0.05) is 30.3 Å². The fourth-order valence-electron chi connectivity index (χ4n) is 3.00. The van der Waals surface area contributed by atoms with E-state index in [0.29, 0.717) is 13.0 Å². The van der Waals surface area contributed by atoms with Gasteiger partial charge in [-0.05, 0) is 32.4 Å². The van der Waals surface area contributed by atoms with Crippen LogP contribution in [0, 0.1) is 12.3 Å². The molecule has 7 nitrogen and oxygen atoms in total. The minimum atomic E-state index is -0.777. The first kappa shape index (κ1) is 20.2. The van der Waals surface area contributed by atoms with E-state index < -0.39 is 35.1 Å². The summed E-state index contributed by atoms with van der Waals surface area (Å²) in [4.78, 5) is 36.9. The lowest BCUT2D eigenvalue weighted by Gasteiger charge is -2.24. The molecule has 0 aromatic heterocycles. The number of esters is 1. The van der Waals surface area contributed by atoms with Gasteiger partial charge in [0.2, 0.25) is 6.61 Å². The van der Waals surface area contributed by atoms with Crippen molar-refractivity contribution in [2.24, 2.45) is 5.92 Å². The van der Waals surface area contributed by atoms with Crippen LogP contribution >= 0.6 is 0 Å². The Hall–Kier alpha value is -2.09. The number of rotatable bonds is 8. The zero-order valence-electron chi connectivity index (χ0n) is 15.2. The Kier molecular flexibility index (Phi) is 7.02. The van der Waals surface area contributed by atoms with Crippen molar-refractivity contribution in [1.29, 1.82) is 0 Å². The average Bonchev–Trinajstić information content (AvgIpc) is 3.16. The van der Waals surface area contributed by atoms with Crippen molar-refractivity contribution in [1.82, 2.24) is 5.32 Å². The lowest BCUT2D eigenvalue weighted by atomic mass is 9.94. The third-order valence-electron chi connectivity index (χ3n) is 4.79. The van der Waals surface area contributed by atoms with Crippen molar-refractivity contribution in [3.05, 3.63) is 42.3 Å². The molecule has 0 bridgehead atoms. The molecular weight excluding hydrogens is 336 g/mol. The molecule has 2 rings (SSSR count). The third-order valence-corrected chi connectivity index (χ3v) is 4.79. The molecule has 1 fully saturated rings. The number of hydrogen-bond donors (Lipinski definition) is 2. The maximum Gasteiger partial charge on any atom is 0.383 e. The molecule has 7 heteroatoms. The number of amides is 1. The molecule has 26 heavy (non-hydrogen) atoms. The minimum absolute atomic E-state index is 0.198. The van der Waals surface area contributed by atoms with Gasteiger partial charge in [-0.2, -0.15) is 0 Å². The number of ketones is 1. The highest BCUT2D eigenvalue weighted by Gasteiger charge is 2.40. The van der Waals surface area contributed by atoms with Crippen LogP contribution in [0.2, 0.25) is 0 Å². The summed E-state index contributed by atoms with van der Waals surface area (Å²) in [7, 11) is 0. The number of likely N-dealkylation sites (N-methyl/N-ethyl adjacent to an activating group) is 1. The number of hydroxylamine groups is 3. The SMILES string of the molecule is CC[N+](O)(CC)C(=O)COC(=O)C1CCN[C@@H]1C(=O)[CH]c1ccccc1. The first-order chi connectivity index (χ1) is 12.4. The molecule has 2 atom stereocenters. The summed E-state index contributed by atoms with van der Waals surface area (Å²) < 4.78 is 4.32. The summed E-state index contributed by atoms with van der Waals surface area (Å²) in [5.41, 5.74) is 0.766. The first-order valence-electron chi connectivity index (χ1n) is 8.88. The van der Waals surface area contributed by atoms with Crippen LogP contribution in [0.5, 0.6) is 0 Å². The maximum atomic E-state index is 12.5. The summed E-state index contributed by atoms with van der Waals surface area (Å²) >= 11 is 0. The van der Waals surface area contributed by atoms with Crippen LogP contribution in [0.15, 0.2) is 30.3 Å². The van der Waals surface area contributed by atoms with Crippen LogP contribution in [0.4, 0.5) is 0 Å². The van der Waals surface area contributed by atoms with E-state index in [4.69, 9.17) is 4.74 Å². The van der Waals surface area contributed by atoms with E-state index in [2.05, 4.69) is 5.32 Å². The van der Waals surface area contributed by atoms with E-state index >= 15 is 0 Å². The molecule has 1 aliphatic rings. The Balaban J connectivity index is 1.93. The second-order valence-electron chi connectivity index (χ2n) is 6.34. The lowest BCUT2D eigenvalue weighted by Crippen LogP contribution is -2.52. The van der Waals surface area contributed by atoms with E-state index in [0.717, 1.165) is 5.56 Å². The topological polar surface area (TPSA) is 92.7 Å². The van der Waals surface area contributed by atoms with Crippen LogP contribution in [-0.2, 0) is 19.1 Å². The molecule has 1 aliphatic heterocycles. The lowest BCUT2D eigenvalue weighted by molar-refractivity contribution is -1.04. The van der Waals surface area contributed by atoms with Gasteiger partial charge in [0.1, 0.15) is 13.1 Å². The summed E-state index contributed by atoms with van der Waals surface area (Å²) in [6, 6.07) is 8.49. The van der Waals surface area contributed by atoms with E-state index in [9.17, 15) is 19.6 Å². The van der Waals surface area contributed by atoms with Gasteiger partial charge in [0.15, 0.2) is 5.78 Å². The van der Waals surface area contributed by atoms with Gasteiger partial charge in [0.05, 0.1) is 18.4 Å². The standard InChI is InChI=1S/C19H26N2O5/c1-3-21(25,4-2)17(23)13-26-19(24)15-10-11-20-18(15)16(22)12-14-8-6-5-7-9-14/h5-9,12,15,18,20,25H,3-4,10-11,13H2,1-2H3/q+1/t15?,18-/m0/s1. The fourth-order valence-corrected chi connectivity index (χ4v) is 3.00. The quantitative estimate of drug-likeness (QED) is 0.311. The predicted molar refractivity (Wildman–Crippen MR) is 93.8 cm³/mol. The van der Waals surface area contributed by atoms with Gasteiger partial charge in [0.25, 0.3) is 0 Å². The Bertz CT molecular complexity index is 643. The van der Waals surface area contributed by atoms with Crippen LogP contribution in [0.3, 0.4) is 0 Å². The van der Waals surface area contributed by atoms with E-state index in [1.54, 1.807) is 13.8 Å². The molecule has 1 aromatic carbocycles. The van der Waals surface area contributed by atoms with Crippen molar-refractivity contribution in [2.75, 3.05) is 26.2 Å². The predicted octanol–water partition coefficient (Wildman–Crippen LogP) is 1.10. The van der Waals surface area contributed by atoms with Crippen LogP contribution in [0.25, 0.3) is 0 Å². The summed E-state index contributed by atoms with van der Waals surface area (Å²) in [6.07, 6.45) is 1.96. The van der Waals surface area contributed by atoms with Crippen molar-refractivity contribution < 1.29 is 29.0 Å². The number of carbonyl (C=O) groups excluding carboxylic acids is 3. The zero-order valence-corrected chi connectivity index (χ0v) is 15.2. The van der Waals surface area contributed by atoms with Crippen LogP contribution in [0.1, 0.15) is 25.8 Å². The van der Waals surface area contributed by atoms with Gasteiger partial charge in [-0.15, -0.1) is 4.65 Å². The second kappa shape index (κ2) is 9.02. The largest absolute Gasteiger partial charge is 0.451 e. The molecule has 1 radical (unpaired) electrons. The second-order valence-corrected chi connectivity index (χ2v) is 6.34. The molecule has 0 saturated carbocycles. The number of carbonyl (C=O) groups is 3. The monoisotopic (exact) mass is 362 g/mol. The molecule has 0 aliphatic carbocycles. The minimum Gasteiger partial charge on any atom is -0.451 e. The molecule has 0 spiro atoms. The van der Waals surface area contributed by atoms with Gasteiger partial charge < -0.3 is 10.1 Å². The molecule has 1 saturated heterocycles. The van der Waals surface area contributed by atoms with Crippen LogP contribution in [-0.4, -0.2) is 59.8 Å².